The zero-order chi connectivity index (χ0) is 18.8. The largest absolute Gasteiger partial charge is 0.505 e. The number of aliphatic hydroxyl groups is 1. The lowest BCUT2D eigenvalue weighted by molar-refractivity contribution is 0.0984. The minimum Gasteiger partial charge on any atom is -0.505 e. The zero-order valence-corrected chi connectivity index (χ0v) is 14.5. The zero-order valence-electron chi connectivity index (χ0n) is 13.7. The van der Waals surface area contributed by atoms with Crippen molar-refractivity contribution in [3.05, 3.63) is 45.5 Å². The molecule has 2 heterocycles. The van der Waals surface area contributed by atoms with Gasteiger partial charge in [-0.05, 0) is 18.6 Å². The summed E-state index contributed by atoms with van der Waals surface area (Å²) in [6.07, 6.45) is 8.16. The molecule has 0 atom stereocenters. The predicted molar refractivity (Wildman–Crippen MR) is 97.2 cm³/mol. The van der Waals surface area contributed by atoms with Crippen molar-refractivity contribution >= 4 is 22.8 Å². The molecule has 0 radical (unpaired) electrons. The highest BCUT2D eigenvalue weighted by Gasteiger charge is 2.25. The lowest BCUT2D eigenvalue weighted by Crippen LogP contribution is -2.23. The molecule has 132 valence electrons. The molecule has 0 spiro atoms. The molecule has 1 aromatic carbocycles. The predicted octanol–water partition coefficient (Wildman–Crippen LogP) is 2.09. The van der Waals surface area contributed by atoms with Crippen LogP contribution in [0.3, 0.4) is 0 Å². The van der Waals surface area contributed by atoms with Crippen molar-refractivity contribution in [1.82, 2.24) is 14.5 Å². The molecule has 0 unspecified atom stereocenters. The van der Waals surface area contributed by atoms with Crippen LogP contribution in [0, 0.1) is 19.3 Å². The smallest absolute Gasteiger partial charge is 0.265 e. The van der Waals surface area contributed by atoms with Gasteiger partial charge in [-0.1, -0.05) is 23.6 Å². The summed E-state index contributed by atoms with van der Waals surface area (Å²) in [5, 5.41) is 20.1. The molecule has 0 amide bonds. The molecule has 0 aliphatic heterocycles. The number of pyridine rings is 1. The molecule has 3 rings (SSSR count). The van der Waals surface area contributed by atoms with Crippen LogP contribution in [0.4, 0.5) is 0 Å². The summed E-state index contributed by atoms with van der Waals surface area (Å²) in [5.74, 6) is 2.19. The fourth-order valence-electron chi connectivity index (χ4n) is 2.76. The van der Waals surface area contributed by atoms with Crippen LogP contribution >= 0.6 is 11.6 Å². The van der Waals surface area contributed by atoms with Crippen molar-refractivity contribution < 1.29 is 14.9 Å². The van der Waals surface area contributed by atoms with Crippen molar-refractivity contribution in [1.29, 1.82) is 0 Å². The van der Waals surface area contributed by atoms with Crippen LogP contribution in [0.5, 0.6) is 11.5 Å². The molecule has 7 nitrogen and oxygen atoms in total. The van der Waals surface area contributed by atoms with Gasteiger partial charge in [0.15, 0.2) is 18.2 Å². The Hall–Kier alpha value is -3.08. The van der Waals surface area contributed by atoms with E-state index in [2.05, 4.69) is 15.9 Å². The molecule has 0 aliphatic rings. The molecule has 0 saturated carbocycles. The number of rotatable bonds is 4. The first-order valence-electron chi connectivity index (χ1n) is 7.54. The standard InChI is InChI=1S/C18H14ClN3O4/c1-3-8-22-17-14(20-6-7-21-17)15(24)13(18(22)25)12-11(19)5-4-10(2)16(12)26-9-23/h1,4-7,23-24H,8-9H2,2H3. The van der Waals surface area contributed by atoms with Gasteiger partial charge in [-0.25, -0.2) is 9.97 Å². The number of halogens is 1. The summed E-state index contributed by atoms with van der Waals surface area (Å²) in [7, 11) is 0. The Balaban J connectivity index is 2.51. The fourth-order valence-corrected chi connectivity index (χ4v) is 3.00. The van der Waals surface area contributed by atoms with E-state index in [0.717, 1.165) is 0 Å². The number of terminal acetylenes is 1. The van der Waals surface area contributed by atoms with E-state index in [-0.39, 0.29) is 45.4 Å². The third-order valence-corrected chi connectivity index (χ3v) is 4.18. The maximum atomic E-state index is 13.1. The van der Waals surface area contributed by atoms with Crippen molar-refractivity contribution in [2.75, 3.05) is 6.79 Å². The molecular formula is C18H14ClN3O4. The fraction of sp³-hybridized carbons (Fsp3) is 0.167. The van der Waals surface area contributed by atoms with Crippen molar-refractivity contribution in [3.8, 4) is 35.0 Å². The van der Waals surface area contributed by atoms with Gasteiger partial charge >= 0.3 is 0 Å². The van der Waals surface area contributed by atoms with Crippen LogP contribution in [-0.4, -0.2) is 31.5 Å². The van der Waals surface area contributed by atoms with E-state index in [1.54, 1.807) is 19.1 Å². The number of ether oxygens (including phenoxy) is 1. The normalized spacial score (nSPS) is 10.7. The number of hydrogen-bond donors (Lipinski definition) is 2. The number of aliphatic hydroxyl groups excluding tert-OH is 1. The topological polar surface area (TPSA) is 97.5 Å². The van der Waals surface area contributed by atoms with E-state index in [1.165, 1.54) is 17.0 Å². The molecule has 8 heteroatoms. The van der Waals surface area contributed by atoms with Crippen molar-refractivity contribution in [2.24, 2.45) is 0 Å². The van der Waals surface area contributed by atoms with Gasteiger partial charge in [-0.3, -0.25) is 9.36 Å². The monoisotopic (exact) mass is 371 g/mol. The minimum absolute atomic E-state index is 0.0685. The summed E-state index contributed by atoms with van der Waals surface area (Å²) in [6.45, 7) is 1.03. The van der Waals surface area contributed by atoms with Crippen molar-refractivity contribution in [3.63, 3.8) is 0 Å². The second-order valence-electron chi connectivity index (χ2n) is 5.39. The van der Waals surface area contributed by atoms with Gasteiger partial charge in [-0.2, -0.15) is 0 Å². The van der Waals surface area contributed by atoms with Crippen LogP contribution in [-0.2, 0) is 6.54 Å². The van der Waals surface area contributed by atoms with E-state index in [4.69, 9.17) is 22.8 Å². The van der Waals surface area contributed by atoms with Crippen LogP contribution < -0.4 is 10.3 Å². The summed E-state index contributed by atoms with van der Waals surface area (Å²) in [5.41, 5.74) is 0.325. The number of hydrogen-bond acceptors (Lipinski definition) is 6. The van der Waals surface area contributed by atoms with Gasteiger partial charge in [0.2, 0.25) is 0 Å². The van der Waals surface area contributed by atoms with Crippen LogP contribution in [0.15, 0.2) is 29.3 Å². The second kappa shape index (κ2) is 7.04. The minimum atomic E-state index is -0.624. The molecular weight excluding hydrogens is 358 g/mol. The molecule has 0 fully saturated rings. The second-order valence-corrected chi connectivity index (χ2v) is 5.80. The lowest BCUT2D eigenvalue weighted by Gasteiger charge is -2.17. The quantitative estimate of drug-likeness (QED) is 0.538. The first-order valence-corrected chi connectivity index (χ1v) is 7.92. The molecule has 0 bridgehead atoms. The maximum absolute atomic E-state index is 13.1. The Morgan fingerprint density at radius 2 is 2.04 bits per heavy atom. The third kappa shape index (κ3) is 2.75. The molecule has 0 saturated heterocycles. The number of aromatic nitrogens is 3. The average molecular weight is 372 g/mol. The van der Waals surface area contributed by atoms with E-state index < -0.39 is 12.4 Å². The number of nitrogens with zero attached hydrogens (tertiary/aromatic N) is 3. The number of aryl methyl sites for hydroxylation is 1. The molecule has 0 aliphatic carbocycles. The Kier molecular flexibility index (Phi) is 4.80. The van der Waals surface area contributed by atoms with Crippen LogP contribution in [0.1, 0.15) is 5.56 Å². The Bertz CT molecular complexity index is 1100. The maximum Gasteiger partial charge on any atom is 0.265 e. The average Bonchev–Trinajstić information content (AvgIpc) is 2.64. The van der Waals surface area contributed by atoms with Gasteiger partial charge in [-0.15, -0.1) is 6.42 Å². The van der Waals surface area contributed by atoms with Gasteiger partial charge in [0, 0.05) is 12.4 Å². The highest BCUT2D eigenvalue weighted by atomic mass is 35.5. The van der Waals surface area contributed by atoms with E-state index in [0.29, 0.717) is 5.56 Å². The van der Waals surface area contributed by atoms with E-state index >= 15 is 0 Å². The highest BCUT2D eigenvalue weighted by Crippen LogP contribution is 2.42. The number of benzene rings is 1. The van der Waals surface area contributed by atoms with Crippen molar-refractivity contribution in [2.45, 2.75) is 13.5 Å². The molecule has 3 aromatic rings. The Labute approximate surface area is 153 Å². The van der Waals surface area contributed by atoms with E-state index in [1.807, 2.05) is 0 Å². The summed E-state index contributed by atoms with van der Waals surface area (Å²) in [4.78, 5) is 21.3. The molecule has 2 aromatic heterocycles. The summed E-state index contributed by atoms with van der Waals surface area (Å²) in [6, 6.07) is 3.25. The lowest BCUT2D eigenvalue weighted by atomic mass is 10.0. The summed E-state index contributed by atoms with van der Waals surface area (Å²) >= 11 is 6.30. The number of fused-ring (bicyclic) bond motifs is 1. The Morgan fingerprint density at radius 1 is 1.31 bits per heavy atom. The Morgan fingerprint density at radius 3 is 2.73 bits per heavy atom. The number of aromatic hydroxyl groups is 1. The third-order valence-electron chi connectivity index (χ3n) is 3.87. The SMILES string of the molecule is C#CCn1c(=O)c(-c2c(Cl)ccc(C)c2OCO)c(O)c2nccnc21. The van der Waals surface area contributed by atoms with Gasteiger partial charge in [0.25, 0.3) is 5.56 Å². The first-order chi connectivity index (χ1) is 12.5. The van der Waals surface area contributed by atoms with Gasteiger partial charge < -0.3 is 14.9 Å². The van der Waals surface area contributed by atoms with Crippen LogP contribution in [0.25, 0.3) is 22.3 Å². The van der Waals surface area contributed by atoms with Gasteiger partial charge in [0.05, 0.1) is 22.7 Å². The van der Waals surface area contributed by atoms with E-state index in [9.17, 15) is 15.0 Å². The summed E-state index contributed by atoms with van der Waals surface area (Å²) < 4.78 is 6.48. The molecule has 2 N–H and O–H groups in total. The van der Waals surface area contributed by atoms with Crippen LogP contribution in [0.2, 0.25) is 5.02 Å². The first kappa shape index (κ1) is 17.7. The van der Waals surface area contributed by atoms with Gasteiger partial charge in [0.1, 0.15) is 11.3 Å². The highest BCUT2D eigenvalue weighted by molar-refractivity contribution is 6.34. The molecule has 26 heavy (non-hydrogen) atoms.